The second-order valence-electron chi connectivity index (χ2n) is 5.33. The van der Waals surface area contributed by atoms with E-state index >= 15 is 0 Å². The number of aliphatic hydroxyl groups excluding tert-OH is 1. The number of rotatable bonds is 2. The molecule has 0 bridgehead atoms. The van der Waals surface area contributed by atoms with Crippen molar-refractivity contribution in [2.45, 2.75) is 38.3 Å². The molecule has 1 saturated carbocycles. The van der Waals surface area contributed by atoms with Gasteiger partial charge < -0.3 is 10.0 Å². The molecule has 2 rings (SSSR count). The number of amides is 1. The molecule has 0 aromatic carbocycles. The molecule has 1 saturated heterocycles. The van der Waals surface area contributed by atoms with Crippen LogP contribution in [0.15, 0.2) is 0 Å². The maximum absolute atomic E-state index is 11.6. The van der Waals surface area contributed by atoms with Crippen molar-refractivity contribution in [3.8, 4) is 6.07 Å². The topological polar surface area (TPSA) is 67.6 Å². The third-order valence-electron chi connectivity index (χ3n) is 4.09. The average Bonchev–Trinajstić information content (AvgIpc) is 2.86. The van der Waals surface area contributed by atoms with E-state index in [0.717, 1.165) is 32.4 Å². The molecule has 0 radical (unpaired) electrons. The standard InChI is InChI=1S/C13H21N3O2/c1-10(17)13(18)16-6-4-15(5-7-16)12-3-2-11(8-12)9-14/h10-12,17H,2-8H2,1H3. The lowest BCUT2D eigenvalue weighted by molar-refractivity contribution is -0.141. The molecule has 18 heavy (non-hydrogen) atoms. The van der Waals surface area contributed by atoms with Gasteiger partial charge in [-0.1, -0.05) is 0 Å². The summed E-state index contributed by atoms with van der Waals surface area (Å²) < 4.78 is 0. The van der Waals surface area contributed by atoms with Gasteiger partial charge in [-0.25, -0.2) is 0 Å². The van der Waals surface area contributed by atoms with Gasteiger partial charge in [0.2, 0.25) is 0 Å². The Morgan fingerprint density at radius 3 is 2.50 bits per heavy atom. The lowest BCUT2D eigenvalue weighted by Gasteiger charge is -2.38. The van der Waals surface area contributed by atoms with E-state index < -0.39 is 6.10 Å². The zero-order valence-corrected chi connectivity index (χ0v) is 10.9. The highest BCUT2D eigenvalue weighted by Crippen LogP contribution is 2.29. The second kappa shape index (κ2) is 5.68. The lowest BCUT2D eigenvalue weighted by Crippen LogP contribution is -2.53. The Hall–Kier alpha value is -1.12. The van der Waals surface area contributed by atoms with Gasteiger partial charge in [-0.2, -0.15) is 5.26 Å². The molecule has 1 amide bonds. The van der Waals surface area contributed by atoms with Crippen LogP contribution in [-0.2, 0) is 4.79 Å². The quantitative estimate of drug-likeness (QED) is 0.761. The van der Waals surface area contributed by atoms with Gasteiger partial charge in [0.15, 0.2) is 0 Å². The van der Waals surface area contributed by atoms with Crippen molar-refractivity contribution in [2.24, 2.45) is 5.92 Å². The van der Waals surface area contributed by atoms with Crippen molar-refractivity contribution < 1.29 is 9.90 Å². The van der Waals surface area contributed by atoms with Gasteiger partial charge >= 0.3 is 0 Å². The van der Waals surface area contributed by atoms with Crippen molar-refractivity contribution in [2.75, 3.05) is 26.2 Å². The van der Waals surface area contributed by atoms with Crippen LogP contribution in [0.4, 0.5) is 0 Å². The normalized spacial score (nSPS) is 31.1. The van der Waals surface area contributed by atoms with Crippen LogP contribution < -0.4 is 0 Å². The lowest BCUT2D eigenvalue weighted by atomic mass is 10.1. The molecule has 5 heteroatoms. The van der Waals surface area contributed by atoms with Gasteiger partial charge in [-0.05, 0) is 26.2 Å². The second-order valence-corrected chi connectivity index (χ2v) is 5.33. The first kappa shape index (κ1) is 13.3. The van der Waals surface area contributed by atoms with Gasteiger partial charge in [0.1, 0.15) is 6.10 Å². The maximum Gasteiger partial charge on any atom is 0.251 e. The van der Waals surface area contributed by atoms with E-state index in [1.54, 1.807) is 4.90 Å². The molecule has 5 nitrogen and oxygen atoms in total. The Morgan fingerprint density at radius 2 is 2.00 bits per heavy atom. The van der Waals surface area contributed by atoms with E-state index in [4.69, 9.17) is 5.26 Å². The fourth-order valence-electron chi connectivity index (χ4n) is 2.98. The van der Waals surface area contributed by atoms with Crippen LogP contribution >= 0.6 is 0 Å². The maximum atomic E-state index is 11.6. The summed E-state index contributed by atoms with van der Waals surface area (Å²) in [6, 6.07) is 2.86. The summed E-state index contributed by atoms with van der Waals surface area (Å²) in [7, 11) is 0. The van der Waals surface area contributed by atoms with Crippen LogP contribution in [0.2, 0.25) is 0 Å². The molecule has 3 atom stereocenters. The van der Waals surface area contributed by atoms with Crippen molar-refractivity contribution >= 4 is 5.91 Å². The van der Waals surface area contributed by atoms with E-state index in [1.165, 1.54) is 6.92 Å². The zero-order chi connectivity index (χ0) is 13.1. The first-order valence-electron chi connectivity index (χ1n) is 6.72. The Labute approximate surface area is 108 Å². The monoisotopic (exact) mass is 251 g/mol. The predicted octanol–water partition coefficient (Wildman–Crippen LogP) is 0.204. The molecular weight excluding hydrogens is 230 g/mol. The Bertz CT molecular complexity index is 343. The van der Waals surface area contributed by atoms with Crippen molar-refractivity contribution in [1.29, 1.82) is 5.26 Å². The van der Waals surface area contributed by atoms with E-state index in [2.05, 4.69) is 11.0 Å². The number of hydrogen-bond donors (Lipinski definition) is 1. The summed E-state index contributed by atoms with van der Waals surface area (Å²) in [5.74, 6) is 0.0445. The molecule has 1 N–H and O–H groups in total. The van der Waals surface area contributed by atoms with Crippen LogP contribution in [0.25, 0.3) is 0 Å². The molecule has 1 heterocycles. The van der Waals surface area contributed by atoms with E-state index in [-0.39, 0.29) is 11.8 Å². The third kappa shape index (κ3) is 2.82. The number of nitrogens with zero attached hydrogens (tertiary/aromatic N) is 3. The van der Waals surface area contributed by atoms with Crippen LogP contribution in [0.5, 0.6) is 0 Å². The van der Waals surface area contributed by atoms with Crippen molar-refractivity contribution in [3.05, 3.63) is 0 Å². The summed E-state index contributed by atoms with van der Waals surface area (Å²) in [4.78, 5) is 15.8. The smallest absolute Gasteiger partial charge is 0.251 e. The molecule has 0 aromatic rings. The van der Waals surface area contributed by atoms with Crippen LogP contribution in [0.1, 0.15) is 26.2 Å². The Morgan fingerprint density at radius 1 is 1.33 bits per heavy atom. The van der Waals surface area contributed by atoms with E-state index in [0.29, 0.717) is 19.1 Å². The minimum Gasteiger partial charge on any atom is -0.384 e. The van der Waals surface area contributed by atoms with Gasteiger partial charge in [0, 0.05) is 38.1 Å². The van der Waals surface area contributed by atoms with Gasteiger partial charge in [0.05, 0.1) is 6.07 Å². The highest BCUT2D eigenvalue weighted by Gasteiger charge is 2.32. The number of nitriles is 1. The molecule has 3 unspecified atom stereocenters. The first-order valence-corrected chi connectivity index (χ1v) is 6.72. The van der Waals surface area contributed by atoms with Gasteiger partial charge in [-0.3, -0.25) is 9.69 Å². The Balaban J connectivity index is 1.81. The average molecular weight is 251 g/mol. The summed E-state index contributed by atoms with van der Waals surface area (Å²) >= 11 is 0. The van der Waals surface area contributed by atoms with Crippen LogP contribution in [-0.4, -0.2) is 59.1 Å². The SMILES string of the molecule is CC(O)C(=O)N1CCN(C2CCC(C#N)C2)CC1. The third-order valence-corrected chi connectivity index (χ3v) is 4.09. The fourth-order valence-corrected chi connectivity index (χ4v) is 2.98. The van der Waals surface area contributed by atoms with Gasteiger partial charge in [0.25, 0.3) is 5.91 Å². The molecule has 100 valence electrons. The number of carbonyl (C=O) groups is 1. The minimum absolute atomic E-state index is 0.170. The largest absolute Gasteiger partial charge is 0.384 e. The number of carbonyl (C=O) groups excluding carboxylic acids is 1. The molecule has 0 spiro atoms. The summed E-state index contributed by atoms with van der Waals surface area (Å²) in [5, 5.41) is 18.2. The van der Waals surface area contributed by atoms with Crippen LogP contribution in [0.3, 0.4) is 0 Å². The fraction of sp³-hybridized carbons (Fsp3) is 0.846. The summed E-state index contributed by atoms with van der Waals surface area (Å²) in [6.07, 6.45) is 2.18. The van der Waals surface area contributed by atoms with E-state index in [9.17, 15) is 9.90 Å². The molecule has 1 aliphatic carbocycles. The molecule has 0 aromatic heterocycles. The minimum atomic E-state index is -0.897. The number of piperazine rings is 1. The molecule has 2 aliphatic rings. The molecule has 1 aliphatic heterocycles. The predicted molar refractivity (Wildman–Crippen MR) is 66.6 cm³/mol. The van der Waals surface area contributed by atoms with Gasteiger partial charge in [-0.15, -0.1) is 0 Å². The Kier molecular flexibility index (Phi) is 4.20. The zero-order valence-electron chi connectivity index (χ0n) is 10.9. The summed E-state index contributed by atoms with van der Waals surface area (Å²) in [6.45, 7) is 4.63. The van der Waals surface area contributed by atoms with E-state index in [1.807, 2.05) is 0 Å². The first-order chi connectivity index (χ1) is 8.61. The highest BCUT2D eigenvalue weighted by atomic mass is 16.3. The van der Waals surface area contributed by atoms with Crippen molar-refractivity contribution in [3.63, 3.8) is 0 Å². The van der Waals surface area contributed by atoms with Crippen LogP contribution in [0, 0.1) is 17.2 Å². The summed E-state index contributed by atoms with van der Waals surface area (Å²) in [5.41, 5.74) is 0. The molecular formula is C13H21N3O2. The number of hydrogen-bond acceptors (Lipinski definition) is 4. The highest BCUT2D eigenvalue weighted by molar-refractivity contribution is 5.80. The van der Waals surface area contributed by atoms with Crippen molar-refractivity contribution in [1.82, 2.24) is 9.80 Å². The molecule has 2 fully saturated rings. The number of aliphatic hydroxyl groups is 1.